The third-order valence-corrected chi connectivity index (χ3v) is 4.47. The van der Waals surface area contributed by atoms with Crippen LogP contribution in [0.4, 0.5) is 0 Å². The van der Waals surface area contributed by atoms with E-state index in [2.05, 4.69) is 46.8 Å². The molecule has 0 bridgehead atoms. The Morgan fingerprint density at radius 3 is 2.30 bits per heavy atom. The smallest absolute Gasteiger partial charge is 0.125 e. The van der Waals surface area contributed by atoms with Gasteiger partial charge >= 0.3 is 0 Å². The zero-order chi connectivity index (χ0) is 15.0. The minimum absolute atomic E-state index is 0.0474. The second kappa shape index (κ2) is 5.40. The molecule has 2 atom stereocenters. The normalized spacial score (nSPS) is 26.3. The summed E-state index contributed by atoms with van der Waals surface area (Å²) in [5, 5.41) is 10.4. The Kier molecular flexibility index (Phi) is 4.15. The molecule has 2 rings (SSSR count). The fourth-order valence-electron chi connectivity index (χ4n) is 2.90. The van der Waals surface area contributed by atoms with E-state index in [1.165, 1.54) is 5.56 Å². The number of hydrogen-bond acceptors (Lipinski definition) is 2. The van der Waals surface area contributed by atoms with E-state index >= 15 is 0 Å². The van der Waals surface area contributed by atoms with Gasteiger partial charge in [0.1, 0.15) is 11.9 Å². The number of ether oxygens (including phenoxy) is 1. The Morgan fingerprint density at radius 1 is 1.15 bits per heavy atom. The Hall–Kier alpha value is -1.02. The van der Waals surface area contributed by atoms with Crippen LogP contribution in [0.5, 0.6) is 5.75 Å². The first-order chi connectivity index (χ1) is 9.20. The molecule has 20 heavy (non-hydrogen) atoms. The highest BCUT2D eigenvalue weighted by molar-refractivity contribution is 5.31. The summed E-state index contributed by atoms with van der Waals surface area (Å²) < 4.78 is 6.02. The van der Waals surface area contributed by atoms with Crippen molar-refractivity contribution in [3.05, 3.63) is 29.8 Å². The van der Waals surface area contributed by atoms with E-state index < -0.39 is 6.10 Å². The summed E-state index contributed by atoms with van der Waals surface area (Å²) in [6.07, 6.45) is 2.65. The van der Waals surface area contributed by atoms with Crippen molar-refractivity contribution in [2.45, 2.75) is 71.5 Å². The van der Waals surface area contributed by atoms with Gasteiger partial charge in [0.15, 0.2) is 0 Å². The molecule has 1 aromatic rings. The van der Waals surface area contributed by atoms with E-state index in [1.807, 2.05) is 12.1 Å². The van der Waals surface area contributed by atoms with Gasteiger partial charge in [0.2, 0.25) is 0 Å². The van der Waals surface area contributed by atoms with Crippen LogP contribution in [0, 0.1) is 5.41 Å². The molecule has 0 radical (unpaired) electrons. The SMILES string of the molecule is CC(C)(C)c1ccc(OC2CCCC(C)(C)C2O)cc1. The van der Waals surface area contributed by atoms with Gasteiger partial charge in [0, 0.05) is 0 Å². The van der Waals surface area contributed by atoms with Crippen molar-refractivity contribution in [2.75, 3.05) is 0 Å². The topological polar surface area (TPSA) is 29.5 Å². The molecule has 1 aromatic carbocycles. The van der Waals surface area contributed by atoms with Gasteiger partial charge in [-0.1, -0.05) is 46.8 Å². The highest BCUT2D eigenvalue weighted by atomic mass is 16.5. The summed E-state index contributed by atoms with van der Waals surface area (Å²) in [6.45, 7) is 10.9. The van der Waals surface area contributed by atoms with Crippen LogP contribution < -0.4 is 4.74 Å². The summed E-state index contributed by atoms with van der Waals surface area (Å²) in [6, 6.07) is 8.29. The van der Waals surface area contributed by atoms with Crippen LogP contribution in [0.2, 0.25) is 0 Å². The van der Waals surface area contributed by atoms with Crippen LogP contribution in [0.25, 0.3) is 0 Å². The quantitative estimate of drug-likeness (QED) is 0.872. The summed E-state index contributed by atoms with van der Waals surface area (Å²) in [7, 11) is 0. The zero-order valence-electron chi connectivity index (χ0n) is 13.4. The minimum atomic E-state index is -0.390. The molecule has 1 saturated carbocycles. The van der Waals surface area contributed by atoms with Crippen molar-refractivity contribution >= 4 is 0 Å². The van der Waals surface area contributed by atoms with Gasteiger partial charge in [0.05, 0.1) is 6.10 Å². The highest BCUT2D eigenvalue weighted by Crippen LogP contribution is 2.37. The summed E-state index contributed by atoms with van der Waals surface area (Å²) in [5.41, 5.74) is 1.41. The number of hydrogen-bond donors (Lipinski definition) is 1. The van der Waals surface area contributed by atoms with Crippen molar-refractivity contribution < 1.29 is 9.84 Å². The zero-order valence-corrected chi connectivity index (χ0v) is 13.4. The molecule has 0 aliphatic heterocycles. The van der Waals surface area contributed by atoms with Crippen molar-refractivity contribution in [2.24, 2.45) is 5.41 Å². The van der Waals surface area contributed by atoms with E-state index in [9.17, 15) is 5.11 Å². The first kappa shape index (κ1) is 15.4. The lowest BCUT2D eigenvalue weighted by Crippen LogP contribution is -2.46. The Labute approximate surface area is 123 Å². The van der Waals surface area contributed by atoms with Crippen LogP contribution in [-0.4, -0.2) is 17.3 Å². The fourth-order valence-corrected chi connectivity index (χ4v) is 2.90. The molecule has 112 valence electrons. The standard InChI is InChI=1S/C18H28O2/c1-17(2,3)13-8-10-14(11-9-13)20-15-7-6-12-18(4,5)16(15)19/h8-11,15-16,19H,6-7,12H2,1-5H3. The van der Waals surface area contributed by atoms with Gasteiger partial charge in [-0.25, -0.2) is 0 Å². The maximum Gasteiger partial charge on any atom is 0.125 e. The number of rotatable bonds is 2. The monoisotopic (exact) mass is 276 g/mol. The molecule has 0 amide bonds. The van der Waals surface area contributed by atoms with Crippen LogP contribution in [-0.2, 0) is 5.41 Å². The number of benzene rings is 1. The first-order valence-electron chi connectivity index (χ1n) is 7.65. The molecule has 0 aromatic heterocycles. The van der Waals surface area contributed by atoms with E-state index in [0.717, 1.165) is 25.0 Å². The first-order valence-corrected chi connectivity index (χ1v) is 7.65. The lowest BCUT2D eigenvalue weighted by molar-refractivity contribution is -0.0689. The molecule has 2 unspecified atom stereocenters. The molecule has 2 nitrogen and oxygen atoms in total. The van der Waals surface area contributed by atoms with Gasteiger partial charge < -0.3 is 9.84 Å². The minimum Gasteiger partial charge on any atom is -0.488 e. The van der Waals surface area contributed by atoms with Gasteiger partial charge in [-0.15, -0.1) is 0 Å². The average molecular weight is 276 g/mol. The van der Waals surface area contributed by atoms with Crippen molar-refractivity contribution in [1.29, 1.82) is 0 Å². The molecular weight excluding hydrogens is 248 g/mol. The number of aliphatic hydroxyl groups excluding tert-OH is 1. The summed E-state index contributed by atoms with van der Waals surface area (Å²) in [4.78, 5) is 0. The molecule has 0 spiro atoms. The lowest BCUT2D eigenvalue weighted by Gasteiger charge is -2.40. The highest BCUT2D eigenvalue weighted by Gasteiger charge is 2.39. The fraction of sp³-hybridized carbons (Fsp3) is 0.667. The number of aliphatic hydroxyl groups is 1. The van der Waals surface area contributed by atoms with Crippen LogP contribution in [0.3, 0.4) is 0 Å². The van der Waals surface area contributed by atoms with E-state index in [-0.39, 0.29) is 16.9 Å². The third kappa shape index (κ3) is 3.35. The molecule has 0 saturated heterocycles. The summed E-state index contributed by atoms with van der Waals surface area (Å²) in [5.74, 6) is 0.861. The summed E-state index contributed by atoms with van der Waals surface area (Å²) >= 11 is 0. The maximum atomic E-state index is 10.4. The van der Waals surface area contributed by atoms with Gasteiger partial charge in [-0.2, -0.15) is 0 Å². The molecule has 1 fully saturated rings. The second-order valence-electron chi connectivity index (χ2n) is 7.76. The average Bonchev–Trinajstić information content (AvgIpc) is 2.34. The van der Waals surface area contributed by atoms with Crippen molar-refractivity contribution in [1.82, 2.24) is 0 Å². The molecule has 2 heteroatoms. The predicted molar refractivity (Wildman–Crippen MR) is 83.2 cm³/mol. The van der Waals surface area contributed by atoms with Crippen LogP contribution in [0.1, 0.15) is 59.4 Å². The predicted octanol–water partition coefficient (Wildman–Crippen LogP) is 4.30. The lowest BCUT2D eigenvalue weighted by atomic mass is 9.73. The molecule has 1 aliphatic rings. The maximum absolute atomic E-state index is 10.4. The largest absolute Gasteiger partial charge is 0.488 e. The van der Waals surface area contributed by atoms with Gasteiger partial charge in [-0.3, -0.25) is 0 Å². The van der Waals surface area contributed by atoms with Crippen LogP contribution >= 0.6 is 0 Å². The molecule has 0 heterocycles. The molecule has 1 N–H and O–H groups in total. The molecule has 1 aliphatic carbocycles. The third-order valence-electron chi connectivity index (χ3n) is 4.47. The Bertz CT molecular complexity index is 439. The van der Waals surface area contributed by atoms with Crippen molar-refractivity contribution in [3.63, 3.8) is 0 Å². The molecular formula is C18H28O2. The Morgan fingerprint density at radius 2 is 1.75 bits per heavy atom. The van der Waals surface area contributed by atoms with Gasteiger partial charge in [0.25, 0.3) is 0 Å². The van der Waals surface area contributed by atoms with Crippen LogP contribution in [0.15, 0.2) is 24.3 Å². The van der Waals surface area contributed by atoms with Crippen molar-refractivity contribution in [3.8, 4) is 5.75 Å². The van der Waals surface area contributed by atoms with E-state index in [1.54, 1.807) is 0 Å². The van der Waals surface area contributed by atoms with E-state index in [0.29, 0.717) is 0 Å². The Balaban J connectivity index is 2.07. The van der Waals surface area contributed by atoms with Gasteiger partial charge in [-0.05, 0) is 47.8 Å². The second-order valence-corrected chi connectivity index (χ2v) is 7.76. The van der Waals surface area contributed by atoms with E-state index in [4.69, 9.17) is 4.74 Å².